The number of nitrogens with one attached hydrogen (secondary N) is 1. The summed E-state index contributed by atoms with van der Waals surface area (Å²) in [6.45, 7) is 12.5. The van der Waals surface area contributed by atoms with Gasteiger partial charge in [-0.25, -0.2) is 0 Å². The fourth-order valence-corrected chi connectivity index (χ4v) is 5.75. The van der Waals surface area contributed by atoms with Crippen LogP contribution in [0, 0.1) is 23.7 Å². The smallest absolute Gasteiger partial charge is 0.253 e. The van der Waals surface area contributed by atoms with E-state index >= 15 is 0 Å². The van der Waals surface area contributed by atoms with Crippen LogP contribution >= 0.6 is 0 Å². The largest absolute Gasteiger partial charge is 0.356 e. The van der Waals surface area contributed by atoms with Gasteiger partial charge in [-0.1, -0.05) is 66.0 Å². The summed E-state index contributed by atoms with van der Waals surface area (Å²) in [6.07, 6.45) is 9.74. The van der Waals surface area contributed by atoms with Crippen LogP contribution in [-0.2, 0) is 4.79 Å². The number of amides is 2. The number of carbonyl (C=O) groups is 3. The minimum Gasteiger partial charge on any atom is -0.356 e. The zero-order chi connectivity index (χ0) is 28.1. The van der Waals surface area contributed by atoms with Gasteiger partial charge in [0.15, 0.2) is 5.78 Å². The van der Waals surface area contributed by atoms with Crippen molar-refractivity contribution in [3.8, 4) is 0 Å². The minimum absolute atomic E-state index is 0.00712. The van der Waals surface area contributed by atoms with Crippen molar-refractivity contribution in [3.05, 3.63) is 35.4 Å². The summed E-state index contributed by atoms with van der Waals surface area (Å²) in [5.41, 5.74) is 7.78. The van der Waals surface area contributed by atoms with Crippen molar-refractivity contribution in [1.29, 1.82) is 0 Å². The second kappa shape index (κ2) is 16.7. The first-order valence-electron chi connectivity index (χ1n) is 15.1. The summed E-state index contributed by atoms with van der Waals surface area (Å²) in [4.78, 5) is 41.1. The number of ketones is 1. The van der Waals surface area contributed by atoms with Gasteiger partial charge in [-0.2, -0.15) is 0 Å². The molecule has 1 aliphatic carbocycles. The predicted octanol–water partition coefficient (Wildman–Crippen LogP) is 6.23. The molecule has 0 heterocycles. The molecule has 0 unspecified atom stereocenters. The number of nitrogens with two attached hydrogens (primary N) is 1. The molecule has 38 heavy (non-hydrogen) atoms. The molecule has 0 aliphatic heterocycles. The molecular formula is C32H53N3O3. The zero-order valence-electron chi connectivity index (χ0n) is 24.6. The average molecular weight is 528 g/mol. The van der Waals surface area contributed by atoms with Crippen molar-refractivity contribution >= 4 is 17.6 Å². The highest BCUT2D eigenvalue weighted by atomic mass is 16.2. The molecule has 0 radical (unpaired) electrons. The van der Waals surface area contributed by atoms with E-state index in [-0.39, 0.29) is 35.5 Å². The Hall–Kier alpha value is -2.21. The Balaban J connectivity index is 2.02. The number of rotatable bonds is 16. The lowest BCUT2D eigenvalue weighted by Gasteiger charge is -2.28. The molecule has 6 heteroatoms. The van der Waals surface area contributed by atoms with E-state index in [1.165, 1.54) is 32.1 Å². The van der Waals surface area contributed by atoms with Crippen LogP contribution in [0.4, 0.5) is 0 Å². The Morgan fingerprint density at radius 1 is 0.974 bits per heavy atom. The van der Waals surface area contributed by atoms with Gasteiger partial charge >= 0.3 is 0 Å². The van der Waals surface area contributed by atoms with Crippen LogP contribution in [0.25, 0.3) is 0 Å². The Bertz CT molecular complexity index is 872. The third kappa shape index (κ3) is 10.5. The van der Waals surface area contributed by atoms with Crippen molar-refractivity contribution in [2.45, 2.75) is 105 Å². The fourth-order valence-electron chi connectivity index (χ4n) is 5.75. The van der Waals surface area contributed by atoms with E-state index in [9.17, 15) is 14.4 Å². The van der Waals surface area contributed by atoms with Crippen molar-refractivity contribution in [3.63, 3.8) is 0 Å². The molecule has 0 aromatic heterocycles. The number of hydrogen-bond donors (Lipinski definition) is 2. The molecule has 3 N–H and O–H groups in total. The molecule has 0 bridgehead atoms. The first-order valence-corrected chi connectivity index (χ1v) is 15.1. The molecule has 1 aromatic carbocycles. The Morgan fingerprint density at radius 3 is 2.21 bits per heavy atom. The third-order valence-electron chi connectivity index (χ3n) is 7.90. The second-order valence-electron chi connectivity index (χ2n) is 11.9. The summed E-state index contributed by atoms with van der Waals surface area (Å²) >= 11 is 0. The lowest BCUT2D eigenvalue weighted by atomic mass is 9.81. The van der Waals surface area contributed by atoms with Crippen molar-refractivity contribution in [2.24, 2.45) is 29.4 Å². The lowest BCUT2D eigenvalue weighted by molar-refractivity contribution is -0.125. The Morgan fingerprint density at radius 2 is 1.61 bits per heavy atom. The molecule has 0 spiro atoms. The van der Waals surface area contributed by atoms with Crippen LogP contribution in [0.1, 0.15) is 120 Å². The standard InChI is InChI=1S/C32H53N3O3/c1-6-16-35(17-7-2)32(38)27-15-11-14-26(20-27)30(36)21-28(18-23(3)4)29(33)19-24(5)31(37)34-22-25-12-9-8-10-13-25/h11,14-15,20,23-25,28-29H,6-10,12-13,16-19,21-22,33H2,1-5H3,(H,34,37)/t24-,28-,29+/m1/s1. The molecule has 6 nitrogen and oxygen atoms in total. The summed E-state index contributed by atoms with van der Waals surface area (Å²) in [7, 11) is 0. The average Bonchev–Trinajstić information content (AvgIpc) is 2.91. The first-order chi connectivity index (χ1) is 18.2. The molecule has 214 valence electrons. The highest BCUT2D eigenvalue weighted by Crippen LogP contribution is 2.26. The van der Waals surface area contributed by atoms with E-state index in [1.54, 1.807) is 24.3 Å². The molecule has 1 aliphatic rings. The number of carbonyl (C=O) groups excluding carboxylic acids is 3. The molecule has 0 saturated heterocycles. The highest BCUT2D eigenvalue weighted by Gasteiger charge is 2.27. The maximum atomic E-state index is 13.4. The van der Waals surface area contributed by atoms with Gasteiger partial charge in [0.2, 0.25) is 5.91 Å². The number of benzene rings is 1. The fraction of sp³-hybridized carbons (Fsp3) is 0.719. The maximum Gasteiger partial charge on any atom is 0.253 e. The quantitative estimate of drug-likeness (QED) is 0.249. The molecule has 1 fully saturated rings. The third-order valence-corrected chi connectivity index (χ3v) is 7.90. The highest BCUT2D eigenvalue weighted by molar-refractivity contribution is 6.00. The molecule has 1 aromatic rings. The van der Waals surface area contributed by atoms with Crippen LogP contribution in [-0.4, -0.2) is 48.2 Å². The minimum atomic E-state index is -0.244. The summed E-state index contributed by atoms with van der Waals surface area (Å²) in [5.74, 6) is 0.821. The number of hydrogen-bond acceptors (Lipinski definition) is 4. The van der Waals surface area contributed by atoms with Gasteiger partial charge < -0.3 is 16.0 Å². The first kappa shape index (κ1) is 32.0. The molecule has 1 saturated carbocycles. The summed E-state index contributed by atoms with van der Waals surface area (Å²) < 4.78 is 0. The molecule has 2 rings (SSSR count). The predicted molar refractivity (Wildman–Crippen MR) is 156 cm³/mol. The SMILES string of the molecule is CCCN(CCC)C(=O)c1cccc(C(=O)C[C@@H](CC(C)C)[C@@H](N)C[C@@H](C)C(=O)NCC2CCCCC2)c1. The van der Waals surface area contributed by atoms with E-state index in [0.717, 1.165) is 25.8 Å². The Kier molecular flexibility index (Phi) is 14.1. The summed E-state index contributed by atoms with van der Waals surface area (Å²) in [6, 6.07) is 6.88. The van der Waals surface area contributed by atoms with Crippen molar-refractivity contribution < 1.29 is 14.4 Å². The van der Waals surface area contributed by atoms with Crippen LogP contribution in [0.2, 0.25) is 0 Å². The van der Waals surface area contributed by atoms with Gasteiger partial charge in [0.05, 0.1) is 0 Å². The van der Waals surface area contributed by atoms with Crippen LogP contribution in [0.3, 0.4) is 0 Å². The van der Waals surface area contributed by atoms with Crippen LogP contribution in [0.15, 0.2) is 24.3 Å². The maximum absolute atomic E-state index is 13.4. The lowest BCUT2D eigenvalue weighted by Crippen LogP contribution is -2.39. The normalized spacial score (nSPS) is 16.6. The Labute approximate surface area is 231 Å². The van der Waals surface area contributed by atoms with Crippen molar-refractivity contribution in [2.75, 3.05) is 19.6 Å². The second-order valence-corrected chi connectivity index (χ2v) is 11.9. The van der Waals surface area contributed by atoms with E-state index < -0.39 is 0 Å². The van der Waals surface area contributed by atoms with Gasteiger partial charge in [0.25, 0.3) is 5.91 Å². The molecule has 2 amide bonds. The van der Waals surface area contributed by atoms with E-state index in [1.807, 2.05) is 11.8 Å². The van der Waals surface area contributed by atoms with Gasteiger partial charge in [0, 0.05) is 49.1 Å². The zero-order valence-corrected chi connectivity index (χ0v) is 24.6. The van der Waals surface area contributed by atoms with Gasteiger partial charge in [-0.05, 0) is 68.4 Å². The van der Waals surface area contributed by atoms with E-state index in [2.05, 4.69) is 33.0 Å². The molecule has 3 atom stereocenters. The van der Waals surface area contributed by atoms with E-state index in [0.29, 0.717) is 48.9 Å². The topological polar surface area (TPSA) is 92.5 Å². The van der Waals surface area contributed by atoms with E-state index in [4.69, 9.17) is 5.73 Å². The van der Waals surface area contributed by atoms with Crippen molar-refractivity contribution in [1.82, 2.24) is 10.2 Å². The van der Waals surface area contributed by atoms with Crippen LogP contribution < -0.4 is 11.1 Å². The monoisotopic (exact) mass is 527 g/mol. The van der Waals surface area contributed by atoms with Crippen LogP contribution in [0.5, 0.6) is 0 Å². The van der Waals surface area contributed by atoms with Gasteiger partial charge in [0.1, 0.15) is 0 Å². The number of Topliss-reactive ketones (excluding diaryl/α,β-unsaturated/α-hetero) is 1. The van der Waals surface area contributed by atoms with Gasteiger partial charge in [-0.15, -0.1) is 0 Å². The van der Waals surface area contributed by atoms with Gasteiger partial charge in [-0.3, -0.25) is 14.4 Å². The number of nitrogens with zero attached hydrogens (tertiary/aromatic N) is 1. The molecular weight excluding hydrogens is 474 g/mol. The summed E-state index contributed by atoms with van der Waals surface area (Å²) in [5, 5.41) is 3.15.